The standard InChI is InChI=1S/C13H14BrNO.ClH/c14-9-1-2-11-10(7-9)12(16)8-13(11)3-5-15-6-4-13;/h1-2,7,15H,3-6,8H2;1H. The highest BCUT2D eigenvalue weighted by atomic mass is 79.9. The Hall–Kier alpha value is -0.380. The predicted octanol–water partition coefficient (Wildman–Crippen LogP) is 3.08. The van der Waals surface area contributed by atoms with Crippen LogP contribution >= 0.6 is 28.3 Å². The third-order valence-corrected chi connectivity index (χ3v) is 4.41. The van der Waals surface area contributed by atoms with E-state index in [4.69, 9.17) is 0 Å². The van der Waals surface area contributed by atoms with Crippen LogP contribution in [0.5, 0.6) is 0 Å². The highest BCUT2D eigenvalue weighted by Gasteiger charge is 2.43. The summed E-state index contributed by atoms with van der Waals surface area (Å²) < 4.78 is 1.01. The molecule has 1 heterocycles. The van der Waals surface area contributed by atoms with Gasteiger partial charge < -0.3 is 5.32 Å². The molecule has 1 fully saturated rings. The van der Waals surface area contributed by atoms with E-state index >= 15 is 0 Å². The number of carbonyl (C=O) groups excluding carboxylic acids is 1. The third-order valence-electron chi connectivity index (χ3n) is 3.91. The molecule has 92 valence electrons. The second-order valence-corrected chi connectivity index (χ2v) is 5.74. The number of rotatable bonds is 0. The van der Waals surface area contributed by atoms with Crippen LogP contribution < -0.4 is 5.32 Å². The van der Waals surface area contributed by atoms with Crippen LogP contribution in [0.3, 0.4) is 0 Å². The first kappa shape index (κ1) is 13.1. The maximum Gasteiger partial charge on any atom is 0.164 e. The maximum atomic E-state index is 12.0. The number of nitrogens with one attached hydrogen (secondary N) is 1. The Balaban J connectivity index is 0.00000108. The summed E-state index contributed by atoms with van der Waals surface area (Å²) in [5.41, 5.74) is 2.36. The van der Waals surface area contributed by atoms with Crippen molar-refractivity contribution in [2.45, 2.75) is 24.7 Å². The molecule has 0 unspecified atom stereocenters. The van der Waals surface area contributed by atoms with Crippen molar-refractivity contribution in [1.82, 2.24) is 5.32 Å². The van der Waals surface area contributed by atoms with Gasteiger partial charge in [0.1, 0.15) is 0 Å². The number of hydrogen-bond donors (Lipinski definition) is 1. The Morgan fingerprint density at radius 2 is 1.94 bits per heavy atom. The molecule has 0 bridgehead atoms. The molecule has 2 nitrogen and oxygen atoms in total. The van der Waals surface area contributed by atoms with Crippen molar-refractivity contribution in [3.63, 3.8) is 0 Å². The van der Waals surface area contributed by atoms with Crippen molar-refractivity contribution in [2.24, 2.45) is 0 Å². The second kappa shape index (κ2) is 4.71. The van der Waals surface area contributed by atoms with Crippen molar-refractivity contribution in [3.8, 4) is 0 Å². The van der Waals surface area contributed by atoms with Crippen molar-refractivity contribution in [1.29, 1.82) is 0 Å². The van der Waals surface area contributed by atoms with Gasteiger partial charge in [-0.15, -0.1) is 12.4 Å². The lowest BCUT2D eigenvalue weighted by atomic mass is 9.74. The lowest BCUT2D eigenvalue weighted by molar-refractivity contribution is 0.0964. The van der Waals surface area contributed by atoms with E-state index in [1.807, 2.05) is 6.07 Å². The van der Waals surface area contributed by atoms with Crippen LogP contribution in [-0.4, -0.2) is 18.9 Å². The van der Waals surface area contributed by atoms with Gasteiger partial charge in [0.05, 0.1) is 0 Å². The molecule has 3 rings (SSSR count). The topological polar surface area (TPSA) is 29.1 Å². The molecule has 0 radical (unpaired) electrons. The fourth-order valence-electron chi connectivity index (χ4n) is 3.06. The zero-order valence-corrected chi connectivity index (χ0v) is 11.9. The van der Waals surface area contributed by atoms with Crippen LogP contribution in [0, 0.1) is 0 Å². The zero-order valence-electron chi connectivity index (χ0n) is 9.46. The summed E-state index contributed by atoms with van der Waals surface area (Å²) in [7, 11) is 0. The molecule has 1 aliphatic heterocycles. The first-order chi connectivity index (χ1) is 7.71. The van der Waals surface area contributed by atoms with Crippen LogP contribution in [0.4, 0.5) is 0 Å². The minimum Gasteiger partial charge on any atom is -0.317 e. The number of fused-ring (bicyclic) bond motifs is 2. The van der Waals surface area contributed by atoms with Gasteiger partial charge in [-0.25, -0.2) is 0 Å². The normalized spacial score (nSPS) is 21.1. The lowest BCUT2D eigenvalue weighted by Gasteiger charge is -2.34. The molecule has 0 aromatic heterocycles. The average Bonchev–Trinajstić information content (AvgIpc) is 2.53. The lowest BCUT2D eigenvalue weighted by Crippen LogP contribution is -2.38. The molecule has 1 spiro atoms. The van der Waals surface area contributed by atoms with E-state index in [1.54, 1.807) is 0 Å². The molecule has 0 saturated carbocycles. The Kier molecular flexibility index (Phi) is 3.62. The first-order valence-electron chi connectivity index (χ1n) is 5.75. The van der Waals surface area contributed by atoms with Crippen molar-refractivity contribution in [3.05, 3.63) is 33.8 Å². The number of Topliss-reactive ketones (excluding diaryl/α,β-unsaturated/α-hetero) is 1. The Bertz CT molecular complexity index is 455. The van der Waals surface area contributed by atoms with Gasteiger partial charge in [0.2, 0.25) is 0 Å². The minimum atomic E-state index is 0. The Morgan fingerprint density at radius 1 is 1.24 bits per heavy atom. The van der Waals surface area contributed by atoms with E-state index in [0.29, 0.717) is 12.2 Å². The number of ketones is 1. The summed E-state index contributed by atoms with van der Waals surface area (Å²) in [5, 5.41) is 3.37. The van der Waals surface area contributed by atoms with Gasteiger partial charge in [0, 0.05) is 21.9 Å². The largest absolute Gasteiger partial charge is 0.317 e. The van der Waals surface area contributed by atoms with Gasteiger partial charge in [-0.2, -0.15) is 0 Å². The van der Waals surface area contributed by atoms with Crippen LogP contribution in [0.2, 0.25) is 0 Å². The van der Waals surface area contributed by atoms with Crippen LogP contribution in [0.15, 0.2) is 22.7 Å². The Labute approximate surface area is 116 Å². The van der Waals surface area contributed by atoms with Gasteiger partial charge in [-0.1, -0.05) is 22.0 Å². The van der Waals surface area contributed by atoms with E-state index in [0.717, 1.165) is 36.0 Å². The number of piperidine rings is 1. The van der Waals surface area contributed by atoms with E-state index in [2.05, 4.69) is 33.4 Å². The molecule has 1 saturated heterocycles. The maximum absolute atomic E-state index is 12.0. The summed E-state index contributed by atoms with van der Waals surface area (Å²) in [6.45, 7) is 2.06. The molecular weight excluding hydrogens is 302 g/mol. The highest BCUT2D eigenvalue weighted by Crippen LogP contribution is 2.45. The second-order valence-electron chi connectivity index (χ2n) is 4.82. The van der Waals surface area contributed by atoms with E-state index in [1.165, 1.54) is 5.56 Å². The van der Waals surface area contributed by atoms with Gasteiger partial charge in [-0.05, 0) is 43.6 Å². The van der Waals surface area contributed by atoms with Crippen molar-refractivity contribution >= 4 is 34.1 Å². The van der Waals surface area contributed by atoms with Gasteiger partial charge in [-0.3, -0.25) is 4.79 Å². The summed E-state index contributed by atoms with van der Waals surface area (Å²) >= 11 is 3.44. The SMILES string of the molecule is Cl.O=C1CC2(CCNCC2)c2ccc(Br)cc21. The van der Waals surface area contributed by atoms with Crippen molar-refractivity contribution in [2.75, 3.05) is 13.1 Å². The fraction of sp³-hybridized carbons (Fsp3) is 0.462. The number of benzene rings is 1. The molecule has 4 heteroatoms. The van der Waals surface area contributed by atoms with Gasteiger partial charge in [0.15, 0.2) is 5.78 Å². The number of hydrogen-bond acceptors (Lipinski definition) is 2. The van der Waals surface area contributed by atoms with Crippen molar-refractivity contribution < 1.29 is 4.79 Å². The monoisotopic (exact) mass is 315 g/mol. The van der Waals surface area contributed by atoms with Crippen LogP contribution in [-0.2, 0) is 5.41 Å². The Morgan fingerprint density at radius 3 is 2.65 bits per heavy atom. The zero-order chi connectivity index (χ0) is 11.2. The number of halogens is 2. The van der Waals surface area contributed by atoms with Crippen LogP contribution in [0.25, 0.3) is 0 Å². The highest BCUT2D eigenvalue weighted by molar-refractivity contribution is 9.10. The summed E-state index contributed by atoms with van der Waals surface area (Å²) in [4.78, 5) is 12.0. The summed E-state index contributed by atoms with van der Waals surface area (Å²) in [5.74, 6) is 0.318. The molecule has 0 amide bonds. The third kappa shape index (κ3) is 2.05. The minimum absolute atomic E-state index is 0. The fourth-order valence-corrected chi connectivity index (χ4v) is 3.42. The smallest absolute Gasteiger partial charge is 0.164 e. The molecule has 2 aliphatic rings. The first-order valence-corrected chi connectivity index (χ1v) is 6.55. The molecule has 0 atom stereocenters. The number of carbonyl (C=O) groups is 1. The van der Waals surface area contributed by atoms with Gasteiger partial charge >= 0.3 is 0 Å². The van der Waals surface area contributed by atoms with E-state index in [9.17, 15) is 4.79 Å². The predicted molar refractivity (Wildman–Crippen MR) is 74.1 cm³/mol. The van der Waals surface area contributed by atoms with E-state index < -0.39 is 0 Å². The molecule has 1 aromatic carbocycles. The molecule has 17 heavy (non-hydrogen) atoms. The summed E-state index contributed by atoms with van der Waals surface area (Å²) in [6, 6.07) is 6.17. The van der Waals surface area contributed by atoms with Gasteiger partial charge in [0.25, 0.3) is 0 Å². The van der Waals surface area contributed by atoms with E-state index in [-0.39, 0.29) is 17.8 Å². The molecular formula is C13H15BrClNO. The molecule has 1 aliphatic carbocycles. The average molecular weight is 317 g/mol. The quantitative estimate of drug-likeness (QED) is 0.797. The summed E-state index contributed by atoms with van der Waals surface area (Å²) in [6.07, 6.45) is 2.89. The molecule has 1 aromatic rings. The van der Waals surface area contributed by atoms with Crippen LogP contribution in [0.1, 0.15) is 35.2 Å². The molecule has 1 N–H and O–H groups in total.